The summed E-state index contributed by atoms with van der Waals surface area (Å²) >= 11 is 0. The Morgan fingerprint density at radius 2 is 1.03 bits per heavy atom. The van der Waals surface area contributed by atoms with Crippen molar-refractivity contribution in [3.63, 3.8) is 0 Å². The molecule has 7 aromatic carbocycles. The molecule has 320 valence electrons. The summed E-state index contributed by atoms with van der Waals surface area (Å²) < 4.78 is 11.5. The average molecular weight is 1040 g/mol. The Balaban J connectivity index is 0.00000446. The van der Waals surface area contributed by atoms with Crippen LogP contribution in [0.2, 0.25) is 0 Å². The number of anilines is 4. The van der Waals surface area contributed by atoms with Gasteiger partial charge in [0.25, 0.3) is 0 Å². The van der Waals surface area contributed by atoms with Crippen molar-refractivity contribution in [2.45, 2.75) is 0 Å². The summed E-state index contributed by atoms with van der Waals surface area (Å²) in [5.74, 6) is 1.14. The molecule has 0 spiro atoms. The van der Waals surface area contributed by atoms with Crippen LogP contribution in [0.3, 0.4) is 0 Å². The number of hydrogen-bond donors (Lipinski definition) is 0. The Morgan fingerprint density at radius 3 is 1.81 bits per heavy atom. The van der Waals surface area contributed by atoms with E-state index in [0.717, 1.165) is 94.3 Å². The van der Waals surface area contributed by atoms with Crippen LogP contribution in [0.15, 0.2) is 201 Å². The van der Waals surface area contributed by atoms with Crippen LogP contribution in [0, 0.1) is 18.8 Å². The van der Waals surface area contributed by atoms with Crippen LogP contribution < -0.4 is 14.5 Å². The minimum Gasteiger partial charge on any atom is -0.509 e. The first-order valence-corrected chi connectivity index (χ1v) is 21.9. The summed E-state index contributed by atoms with van der Waals surface area (Å²) in [5.41, 5.74) is 14.5. The molecule has 6 aromatic heterocycles. The first kappa shape index (κ1) is 39.1. The van der Waals surface area contributed by atoms with Crippen molar-refractivity contribution in [1.29, 1.82) is 0 Å². The number of aromatic nitrogens is 5. The van der Waals surface area contributed by atoms with Crippen molar-refractivity contribution >= 4 is 88.3 Å². The zero-order valence-corrected chi connectivity index (χ0v) is 37.8. The molecule has 0 atom stereocenters. The van der Waals surface area contributed by atoms with Crippen LogP contribution in [-0.2, 0) is 21.1 Å². The molecular formula is C58H34N7OPt-3. The van der Waals surface area contributed by atoms with Crippen LogP contribution in [0.25, 0.3) is 87.8 Å². The fourth-order valence-electron chi connectivity index (χ4n) is 10.2. The number of nitrogens with zero attached hydrogens (tertiary/aromatic N) is 7. The van der Waals surface area contributed by atoms with Crippen molar-refractivity contribution in [2.24, 2.45) is 0 Å². The van der Waals surface area contributed by atoms with Crippen molar-refractivity contribution in [3.8, 4) is 33.8 Å². The first-order valence-electron chi connectivity index (χ1n) is 21.9. The average Bonchev–Trinajstić information content (AvgIpc) is 4.04. The van der Waals surface area contributed by atoms with E-state index >= 15 is 0 Å². The Bertz CT molecular complexity index is 4040. The largest absolute Gasteiger partial charge is 0.509 e. The summed E-state index contributed by atoms with van der Waals surface area (Å²) in [6.45, 7) is 2.15. The molecule has 8 nitrogen and oxygen atoms in total. The third kappa shape index (κ3) is 5.93. The number of benzene rings is 7. The maximum absolute atomic E-state index is 6.76. The van der Waals surface area contributed by atoms with Gasteiger partial charge in [-0.2, -0.15) is 12.1 Å². The van der Waals surface area contributed by atoms with Crippen LogP contribution in [-0.4, -0.2) is 23.8 Å². The third-order valence-electron chi connectivity index (χ3n) is 13.0. The monoisotopic (exact) mass is 1040 g/mol. The van der Waals surface area contributed by atoms with E-state index in [-0.39, 0.29) is 21.1 Å². The number of fused-ring (bicyclic) bond motifs is 11. The number of pyridine rings is 3. The van der Waals surface area contributed by atoms with Gasteiger partial charge in [0.15, 0.2) is 0 Å². The second-order valence-corrected chi connectivity index (χ2v) is 16.5. The van der Waals surface area contributed by atoms with Gasteiger partial charge >= 0.3 is 0 Å². The molecule has 0 N–H and O–H groups in total. The Kier molecular flexibility index (Phi) is 8.98. The number of hydrogen-bond acceptors (Lipinski definition) is 6. The third-order valence-corrected chi connectivity index (χ3v) is 13.0. The standard InChI is InChI=1S/C58H34N7O.Pt/c1-2-19-50-44(12-1)46-15-7-16-48-49-18-9-29-61-58(49)65-54-35-41(23-24-45(54)47-17-8-22-53(57(47)65)64(50)56(46)48)66-40-11-5-10-39(34-40)62-36-63(52-21-4-3-20-51(52)62)55-42(37-25-30-59-31-26-37)13-6-14-43(55)38-27-32-60-33-28-38;/h1-33,36H;/q-3;. The van der Waals surface area contributed by atoms with Gasteiger partial charge in [-0.1, -0.05) is 84.4 Å². The van der Waals surface area contributed by atoms with E-state index in [1.165, 1.54) is 16.3 Å². The summed E-state index contributed by atoms with van der Waals surface area (Å²) in [4.78, 5) is 18.2. The fourth-order valence-corrected chi connectivity index (χ4v) is 10.2. The molecule has 0 unspecified atom stereocenters. The van der Waals surface area contributed by atoms with Crippen LogP contribution in [0.4, 0.5) is 22.7 Å². The minimum absolute atomic E-state index is 0. The van der Waals surface area contributed by atoms with Gasteiger partial charge in [0, 0.05) is 113 Å². The Morgan fingerprint density at radius 1 is 0.433 bits per heavy atom. The smallest absolute Gasteiger partial charge is 0.143 e. The summed E-state index contributed by atoms with van der Waals surface area (Å²) in [6.07, 6.45) is 9.24. The van der Waals surface area contributed by atoms with Crippen LogP contribution in [0.1, 0.15) is 0 Å². The molecule has 0 saturated heterocycles. The number of para-hydroxylation sites is 6. The van der Waals surface area contributed by atoms with Gasteiger partial charge in [-0.05, 0) is 77.2 Å². The fraction of sp³-hybridized carbons (Fsp3) is 0. The van der Waals surface area contributed by atoms with Crippen LogP contribution in [0.5, 0.6) is 11.5 Å². The second-order valence-electron chi connectivity index (χ2n) is 16.5. The predicted octanol–water partition coefficient (Wildman–Crippen LogP) is 14.3. The van der Waals surface area contributed by atoms with Gasteiger partial charge < -0.3 is 23.3 Å². The summed E-state index contributed by atoms with van der Waals surface area (Å²) in [6, 6.07) is 66.7. The molecule has 0 bridgehead atoms. The van der Waals surface area contributed by atoms with E-state index < -0.39 is 0 Å². The molecule has 14 rings (SSSR count). The van der Waals surface area contributed by atoms with Gasteiger partial charge in [-0.15, -0.1) is 48.1 Å². The number of ether oxygens (including phenoxy) is 1. The molecule has 0 radical (unpaired) electrons. The molecule has 0 saturated carbocycles. The van der Waals surface area contributed by atoms with E-state index in [1.807, 2.05) is 55.2 Å². The topological polar surface area (TPSA) is 63.2 Å². The second kappa shape index (κ2) is 15.4. The maximum atomic E-state index is 6.76. The van der Waals surface area contributed by atoms with E-state index in [1.54, 1.807) is 0 Å². The molecule has 1 aliphatic rings. The quantitative estimate of drug-likeness (QED) is 0.155. The summed E-state index contributed by atoms with van der Waals surface area (Å²) in [7, 11) is 0. The first-order chi connectivity index (χ1) is 32.8. The zero-order chi connectivity index (χ0) is 43.3. The van der Waals surface area contributed by atoms with E-state index in [4.69, 9.17) is 9.72 Å². The van der Waals surface area contributed by atoms with Crippen molar-refractivity contribution in [2.75, 3.05) is 9.80 Å². The van der Waals surface area contributed by atoms with Crippen molar-refractivity contribution in [1.82, 2.24) is 23.8 Å². The molecule has 1 aliphatic heterocycles. The Labute approximate surface area is 398 Å². The van der Waals surface area contributed by atoms with Crippen LogP contribution >= 0.6 is 0 Å². The van der Waals surface area contributed by atoms with Gasteiger partial charge in [0.05, 0.1) is 22.1 Å². The minimum atomic E-state index is 0. The summed E-state index contributed by atoms with van der Waals surface area (Å²) in [5, 5.41) is 6.79. The van der Waals surface area contributed by atoms with E-state index in [0.29, 0.717) is 11.5 Å². The SMILES string of the molecule is [Pt].[c-]1c(Oc2[c-]c3c(cc2)c2cccc4c2n3c2ncccc2c2cccc3c5ccccc5n4c32)cccc1N1[CH-]N(c2c(-c3ccncc3)cccc2-c2ccncc2)c2ccccc21. The molecule has 0 fully saturated rings. The molecule has 0 amide bonds. The Hall–Kier alpha value is -8.32. The molecule has 13 aromatic rings. The van der Waals surface area contributed by atoms with Gasteiger partial charge in [0.2, 0.25) is 0 Å². The van der Waals surface area contributed by atoms with Gasteiger partial charge in [-0.25, -0.2) is 4.98 Å². The van der Waals surface area contributed by atoms with Crippen molar-refractivity contribution in [3.05, 3.63) is 220 Å². The molecule has 9 heteroatoms. The number of rotatable bonds is 6. The molecule has 67 heavy (non-hydrogen) atoms. The normalized spacial score (nSPS) is 12.5. The molecule has 0 aliphatic carbocycles. The molecule has 7 heterocycles. The van der Waals surface area contributed by atoms with E-state index in [2.05, 4.69) is 193 Å². The van der Waals surface area contributed by atoms with E-state index in [9.17, 15) is 0 Å². The van der Waals surface area contributed by atoms with Crippen molar-refractivity contribution < 1.29 is 25.8 Å². The zero-order valence-electron chi connectivity index (χ0n) is 35.5. The maximum Gasteiger partial charge on any atom is 0.143 e. The van der Waals surface area contributed by atoms with Gasteiger partial charge in [0.1, 0.15) is 5.65 Å². The predicted molar refractivity (Wildman–Crippen MR) is 266 cm³/mol. The molecular weight excluding hydrogens is 1010 g/mol. The van der Waals surface area contributed by atoms with Gasteiger partial charge in [-0.3, -0.25) is 9.97 Å².